The van der Waals surface area contributed by atoms with Crippen LogP contribution in [0.3, 0.4) is 0 Å². The van der Waals surface area contributed by atoms with E-state index in [9.17, 15) is 15.0 Å². The van der Waals surface area contributed by atoms with Crippen molar-refractivity contribution in [3.05, 3.63) is 96.6 Å². The lowest BCUT2D eigenvalue weighted by Crippen LogP contribution is -2.03. The van der Waals surface area contributed by atoms with Gasteiger partial charge in [-0.1, -0.05) is 60.7 Å². The SMILES string of the molecule is O=C(O)c1cc(-c2ccccc2)n(-c2ccccc2)c1-c1ccccc1O. The van der Waals surface area contributed by atoms with Crippen molar-refractivity contribution in [3.63, 3.8) is 0 Å². The fourth-order valence-corrected chi connectivity index (χ4v) is 3.28. The monoisotopic (exact) mass is 355 g/mol. The molecule has 4 rings (SSSR count). The zero-order chi connectivity index (χ0) is 18.8. The predicted molar refractivity (Wildman–Crippen MR) is 105 cm³/mol. The number of carbonyl (C=O) groups is 1. The number of phenolic OH excluding ortho intramolecular Hbond substituents is 1. The summed E-state index contributed by atoms with van der Waals surface area (Å²) in [4.78, 5) is 12.0. The van der Waals surface area contributed by atoms with Gasteiger partial charge >= 0.3 is 5.97 Å². The molecule has 0 aliphatic rings. The van der Waals surface area contributed by atoms with E-state index < -0.39 is 5.97 Å². The van der Waals surface area contributed by atoms with Crippen LogP contribution in [-0.4, -0.2) is 20.7 Å². The maximum Gasteiger partial charge on any atom is 0.337 e. The molecule has 132 valence electrons. The number of aromatic hydroxyl groups is 1. The average Bonchev–Trinajstić information content (AvgIpc) is 3.10. The molecule has 0 unspecified atom stereocenters. The quantitative estimate of drug-likeness (QED) is 0.528. The van der Waals surface area contributed by atoms with E-state index in [-0.39, 0.29) is 11.3 Å². The first-order valence-corrected chi connectivity index (χ1v) is 8.55. The highest BCUT2D eigenvalue weighted by molar-refractivity contribution is 5.99. The number of aromatic nitrogens is 1. The Balaban J connectivity index is 2.12. The molecule has 1 heterocycles. The minimum Gasteiger partial charge on any atom is -0.507 e. The largest absolute Gasteiger partial charge is 0.507 e. The van der Waals surface area contributed by atoms with Gasteiger partial charge in [0.05, 0.1) is 17.0 Å². The van der Waals surface area contributed by atoms with Crippen molar-refractivity contribution >= 4 is 5.97 Å². The fraction of sp³-hybridized carbons (Fsp3) is 0. The summed E-state index contributed by atoms with van der Waals surface area (Å²) in [5.41, 5.74) is 3.52. The Morgan fingerprint density at radius 1 is 0.778 bits per heavy atom. The minimum atomic E-state index is -1.04. The van der Waals surface area contributed by atoms with Crippen LogP contribution >= 0.6 is 0 Å². The third kappa shape index (κ3) is 2.98. The third-order valence-electron chi connectivity index (χ3n) is 4.47. The van der Waals surface area contributed by atoms with E-state index in [0.717, 1.165) is 16.9 Å². The molecule has 0 bridgehead atoms. The molecule has 0 aliphatic heterocycles. The summed E-state index contributed by atoms with van der Waals surface area (Å²) in [6, 6.07) is 27.6. The van der Waals surface area contributed by atoms with Gasteiger partial charge in [-0.15, -0.1) is 0 Å². The second kappa shape index (κ2) is 6.84. The molecule has 0 saturated heterocycles. The zero-order valence-electron chi connectivity index (χ0n) is 14.4. The van der Waals surface area contributed by atoms with Gasteiger partial charge < -0.3 is 14.8 Å². The molecular formula is C23H17NO3. The molecule has 1 aromatic heterocycles. The van der Waals surface area contributed by atoms with E-state index in [0.29, 0.717) is 11.3 Å². The van der Waals surface area contributed by atoms with E-state index in [1.807, 2.05) is 65.2 Å². The summed E-state index contributed by atoms with van der Waals surface area (Å²) in [5.74, 6) is -1.00. The number of aromatic carboxylic acids is 1. The molecule has 0 fully saturated rings. The number of carboxylic acids is 1. The number of rotatable bonds is 4. The summed E-state index contributed by atoms with van der Waals surface area (Å²) in [5, 5.41) is 20.3. The van der Waals surface area contributed by atoms with Crippen LogP contribution in [0.4, 0.5) is 0 Å². The summed E-state index contributed by atoms with van der Waals surface area (Å²) >= 11 is 0. The first kappa shape index (κ1) is 16.7. The number of carboxylic acid groups (broad SMARTS) is 1. The molecular weight excluding hydrogens is 338 g/mol. The van der Waals surface area contributed by atoms with Crippen molar-refractivity contribution in [3.8, 4) is 34.0 Å². The van der Waals surface area contributed by atoms with Crippen molar-refractivity contribution in [2.24, 2.45) is 0 Å². The van der Waals surface area contributed by atoms with E-state index in [1.54, 1.807) is 30.3 Å². The topological polar surface area (TPSA) is 62.5 Å². The van der Waals surface area contributed by atoms with Gasteiger partial charge in [0.15, 0.2) is 0 Å². The third-order valence-corrected chi connectivity index (χ3v) is 4.47. The lowest BCUT2D eigenvalue weighted by molar-refractivity contribution is 0.0698. The highest BCUT2D eigenvalue weighted by atomic mass is 16.4. The van der Waals surface area contributed by atoms with Crippen LogP contribution in [0.15, 0.2) is 91.0 Å². The van der Waals surface area contributed by atoms with Gasteiger partial charge in [0.1, 0.15) is 5.75 Å². The number of nitrogens with zero attached hydrogens (tertiary/aromatic N) is 1. The van der Waals surface area contributed by atoms with Crippen molar-refractivity contribution < 1.29 is 15.0 Å². The van der Waals surface area contributed by atoms with Gasteiger partial charge in [-0.2, -0.15) is 0 Å². The van der Waals surface area contributed by atoms with Crippen LogP contribution in [-0.2, 0) is 0 Å². The summed E-state index contributed by atoms with van der Waals surface area (Å²) in [7, 11) is 0. The van der Waals surface area contributed by atoms with Crippen molar-refractivity contribution in [2.75, 3.05) is 0 Å². The second-order valence-electron chi connectivity index (χ2n) is 6.15. The highest BCUT2D eigenvalue weighted by Gasteiger charge is 2.24. The maximum atomic E-state index is 12.0. The molecule has 0 atom stereocenters. The molecule has 0 aliphatic carbocycles. The Bertz CT molecular complexity index is 1100. The van der Waals surface area contributed by atoms with Gasteiger partial charge in [0, 0.05) is 11.3 Å². The molecule has 0 radical (unpaired) electrons. The Labute approximate surface area is 156 Å². The summed E-state index contributed by atoms with van der Waals surface area (Å²) < 4.78 is 1.88. The van der Waals surface area contributed by atoms with E-state index in [4.69, 9.17) is 0 Å². The number of hydrogen-bond donors (Lipinski definition) is 2. The van der Waals surface area contributed by atoms with Crippen LogP contribution in [0.2, 0.25) is 0 Å². The van der Waals surface area contributed by atoms with Crippen LogP contribution in [0, 0.1) is 0 Å². The molecule has 3 aromatic carbocycles. The lowest BCUT2D eigenvalue weighted by atomic mass is 10.1. The molecule has 4 heteroatoms. The molecule has 0 saturated carbocycles. The number of benzene rings is 3. The molecule has 0 spiro atoms. The maximum absolute atomic E-state index is 12.0. The molecule has 4 aromatic rings. The first-order chi connectivity index (χ1) is 13.2. The van der Waals surface area contributed by atoms with Gasteiger partial charge in [-0.25, -0.2) is 4.79 Å². The zero-order valence-corrected chi connectivity index (χ0v) is 14.4. The number of para-hydroxylation sites is 2. The summed E-state index contributed by atoms with van der Waals surface area (Å²) in [6.07, 6.45) is 0. The molecule has 4 nitrogen and oxygen atoms in total. The van der Waals surface area contributed by atoms with Gasteiger partial charge in [-0.05, 0) is 35.9 Å². The predicted octanol–water partition coefficient (Wildman–Crippen LogP) is 5.22. The van der Waals surface area contributed by atoms with Crippen LogP contribution in [0.5, 0.6) is 5.75 Å². The Hall–Kier alpha value is -3.79. The normalized spacial score (nSPS) is 10.7. The molecule has 0 amide bonds. The minimum absolute atomic E-state index is 0.0369. The Kier molecular flexibility index (Phi) is 4.22. The Morgan fingerprint density at radius 3 is 2.00 bits per heavy atom. The van der Waals surface area contributed by atoms with Crippen LogP contribution in [0.25, 0.3) is 28.2 Å². The standard InChI is InChI=1S/C23H17NO3/c25-21-14-8-7-13-18(21)22-19(23(26)27)15-20(16-9-3-1-4-10-16)24(22)17-11-5-2-6-12-17/h1-15,25H,(H,26,27). The Morgan fingerprint density at radius 2 is 1.37 bits per heavy atom. The van der Waals surface area contributed by atoms with Gasteiger partial charge in [0.2, 0.25) is 0 Å². The van der Waals surface area contributed by atoms with Crippen molar-refractivity contribution in [1.29, 1.82) is 0 Å². The molecule has 2 N–H and O–H groups in total. The van der Waals surface area contributed by atoms with E-state index in [1.165, 1.54) is 0 Å². The van der Waals surface area contributed by atoms with Crippen LogP contribution in [0.1, 0.15) is 10.4 Å². The molecule has 27 heavy (non-hydrogen) atoms. The lowest BCUT2D eigenvalue weighted by Gasteiger charge is -2.15. The van der Waals surface area contributed by atoms with Gasteiger partial charge in [-0.3, -0.25) is 0 Å². The van der Waals surface area contributed by atoms with Crippen molar-refractivity contribution in [2.45, 2.75) is 0 Å². The van der Waals surface area contributed by atoms with Gasteiger partial charge in [0.25, 0.3) is 0 Å². The number of hydrogen-bond acceptors (Lipinski definition) is 2. The number of phenols is 1. The van der Waals surface area contributed by atoms with E-state index >= 15 is 0 Å². The second-order valence-corrected chi connectivity index (χ2v) is 6.15. The first-order valence-electron chi connectivity index (χ1n) is 8.55. The van der Waals surface area contributed by atoms with Crippen LogP contribution < -0.4 is 0 Å². The van der Waals surface area contributed by atoms with Crippen molar-refractivity contribution in [1.82, 2.24) is 4.57 Å². The smallest absolute Gasteiger partial charge is 0.337 e. The highest BCUT2D eigenvalue weighted by Crippen LogP contribution is 2.39. The fourth-order valence-electron chi connectivity index (χ4n) is 3.28. The summed E-state index contributed by atoms with van der Waals surface area (Å²) in [6.45, 7) is 0. The average molecular weight is 355 g/mol. The van der Waals surface area contributed by atoms with E-state index in [2.05, 4.69) is 0 Å².